The van der Waals surface area contributed by atoms with E-state index in [0.29, 0.717) is 27.5 Å². The highest BCUT2D eigenvalue weighted by Crippen LogP contribution is 2.35. The summed E-state index contributed by atoms with van der Waals surface area (Å²) in [6.45, 7) is 0.310. The number of aliphatic imine (C=N–C) groups is 1. The summed E-state index contributed by atoms with van der Waals surface area (Å²) in [7, 11) is 0. The zero-order valence-corrected chi connectivity index (χ0v) is 17.9. The molecule has 0 aliphatic carbocycles. The summed E-state index contributed by atoms with van der Waals surface area (Å²) in [4.78, 5) is 28.2. The minimum atomic E-state index is -0.102. The van der Waals surface area contributed by atoms with Crippen LogP contribution in [0.1, 0.15) is 11.4 Å². The lowest BCUT2D eigenvalue weighted by molar-refractivity contribution is -0.122. The molecule has 0 saturated carbocycles. The molecule has 2 heterocycles. The van der Waals surface area contributed by atoms with E-state index in [-0.39, 0.29) is 5.91 Å². The van der Waals surface area contributed by atoms with Crippen molar-refractivity contribution in [2.24, 2.45) is 4.99 Å². The van der Waals surface area contributed by atoms with Gasteiger partial charge in [-0.25, -0.2) is 9.98 Å². The lowest BCUT2D eigenvalue weighted by Gasteiger charge is -2.13. The maximum Gasteiger partial charge on any atom is 0.267 e. The number of benzene rings is 3. The van der Waals surface area contributed by atoms with Gasteiger partial charge in [-0.3, -0.25) is 9.69 Å². The summed E-state index contributed by atoms with van der Waals surface area (Å²) in [5.41, 5.74) is 3.51. The van der Waals surface area contributed by atoms with E-state index in [1.54, 1.807) is 4.90 Å². The van der Waals surface area contributed by atoms with Gasteiger partial charge in [-0.05, 0) is 59.8 Å². The average Bonchev–Trinajstić information content (AvgIpc) is 3.32. The van der Waals surface area contributed by atoms with Gasteiger partial charge in [0.25, 0.3) is 5.91 Å². The second-order valence-corrected chi connectivity index (χ2v) is 8.43. The third-order valence-electron chi connectivity index (χ3n) is 4.78. The average molecular weight is 445 g/mol. The molecule has 3 aromatic carbocycles. The molecular weight excluding hydrogens is 428 g/mol. The summed E-state index contributed by atoms with van der Waals surface area (Å²) in [6.07, 6.45) is 1.86. The number of hydrogen-bond donors (Lipinski definition) is 1. The molecule has 1 amide bonds. The quantitative estimate of drug-likeness (QED) is 0.391. The Labute approximate surface area is 188 Å². The van der Waals surface area contributed by atoms with E-state index in [2.05, 4.69) is 9.97 Å². The first-order valence-corrected chi connectivity index (χ1v) is 10.9. The molecule has 152 valence electrons. The molecule has 5 nitrogen and oxygen atoms in total. The highest BCUT2D eigenvalue weighted by molar-refractivity contribution is 8.18. The third kappa shape index (κ3) is 4.26. The van der Waals surface area contributed by atoms with Crippen molar-refractivity contribution >= 4 is 57.2 Å². The lowest BCUT2D eigenvalue weighted by Crippen LogP contribution is -2.29. The standard InChI is InChI=1S/C24H17ClN4OS/c25-17-12-10-16(11-13-17)14-21-23(30)29(24(31-21)26-18-6-2-1-3-7-18)15-22-27-19-8-4-5-9-20(19)28-22/h1-14H,15H2,(H,27,28)/b21-14-,26-24?. The van der Waals surface area contributed by atoms with Crippen molar-refractivity contribution in [1.29, 1.82) is 0 Å². The number of aromatic amines is 1. The number of fused-ring (bicyclic) bond motifs is 1. The van der Waals surface area contributed by atoms with Crippen molar-refractivity contribution in [1.82, 2.24) is 14.9 Å². The molecule has 0 bridgehead atoms. The van der Waals surface area contributed by atoms with E-state index in [9.17, 15) is 4.79 Å². The Morgan fingerprint density at radius 1 is 1.00 bits per heavy atom. The number of amides is 1. The van der Waals surface area contributed by atoms with Crippen molar-refractivity contribution in [3.63, 3.8) is 0 Å². The number of rotatable bonds is 4. The first kappa shape index (κ1) is 19.6. The van der Waals surface area contributed by atoms with Gasteiger partial charge < -0.3 is 4.98 Å². The molecule has 4 aromatic rings. The fraction of sp³-hybridized carbons (Fsp3) is 0.0417. The molecule has 0 unspecified atom stereocenters. The lowest BCUT2D eigenvalue weighted by atomic mass is 10.2. The van der Waals surface area contributed by atoms with E-state index in [1.165, 1.54) is 11.8 Å². The molecule has 1 aliphatic heterocycles. The van der Waals surface area contributed by atoms with Crippen LogP contribution >= 0.6 is 23.4 Å². The highest BCUT2D eigenvalue weighted by Gasteiger charge is 2.34. The number of thioether (sulfide) groups is 1. The number of amidine groups is 1. The van der Waals surface area contributed by atoms with Gasteiger partial charge in [0, 0.05) is 5.02 Å². The molecule has 1 aromatic heterocycles. The predicted octanol–water partition coefficient (Wildman–Crippen LogP) is 6.02. The number of aromatic nitrogens is 2. The second kappa shape index (κ2) is 8.41. The zero-order chi connectivity index (χ0) is 21.2. The van der Waals surface area contributed by atoms with Crippen LogP contribution in [0.5, 0.6) is 0 Å². The van der Waals surface area contributed by atoms with Crippen LogP contribution in [0, 0.1) is 0 Å². The first-order valence-electron chi connectivity index (χ1n) is 9.70. The summed E-state index contributed by atoms with van der Waals surface area (Å²) >= 11 is 7.35. The number of carbonyl (C=O) groups excluding carboxylic acids is 1. The number of H-pyrrole nitrogens is 1. The van der Waals surface area contributed by atoms with E-state index in [0.717, 1.165) is 22.3 Å². The number of imidazole rings is 1. The number of para-hydroxylation sites is 3. The zero-order valence-electron chi connectivity index (χ0n) is 16.3. The van der Waals surface area contributed by atoms with Crippen LogP contribution in [0.15, 0.2) is 88.8 Å². The topological polar surface area (TPSA) is 61.4 Å². The van der Waals surface area contributed by atoms with Crippen molar-refractivity contribution in [3.8, 4) is 0 Å². The van der Waals surface area contributed by atoms with Gasteiger partial charge in [0.2, 0.25) is 0 Å². The van der Waals surface area contributed by atoms with Crippen molar-refractivity contribution in [2.45, 2.75) is 6.54 Å². The van der Waals surface area contributed by atoms with Crippen LogP contribution in [0.2, 0.25) is 5.02 Å². The summed E-state index contributed by atoms with van der Waals surface area (Å²) < 4.78 is 0. The fourth-order valence-corrected chi connectivity index (χ4v) is 4.41. The Kier molecular flexibility index (Phi) is 5.32. The van der Waals surface area contributed by atoms with Gasteiger partial charge in [0.15, 0.2) is 5.17 Å². The molecule has 5 rings (SSSR count). The van der Waals surface area contributed by atoms with Crippen LogP contribution in [-0.4, -0.2) is 25.9 Å². The van der Waals surface area contributed by atoms with E-state index >= 15 is 0 Å². The van der Waals surface area contributed by atoms with E-state index in [1.807, 2.05) is 84.9 Å². The fourth-order valence-electron chi connectivity index (χ4n) is 3.28. The third-order valence-corrected chi connectivity index (χ3v) is 6.04. The Morgan fingerprint density at radius 2 is 1.74 bits per heavy atom. The summed E-state index contributed by atoms with van der Waals surface area (Å²) in [5.74, 6) is 0.610. The smallest absolute Gasteiger partial charge is 0.267 e. The molecular formula is C24H17ClN4OS. The van der Waals surface area contributed by atoms with E-state index in [4.69, 9.17) is 16.6 Å². The summed E-state index contributed by atoms with van der Waals surface area (Å²) in [5, 5.41) is 1.28. The maximum absolute atomic E-state index is 13.3. The number of hydrogen-bond acceptors (Lipinski definition) is 4. The first-order chi connectivity index (χ1) is 15.2. The predicted molar refractivity (Wildman–Crippen MR) is 127 cm³/mol. The van der Waals surface area contributed by atoms with Crippen LogP contribution < -0.4 is 0 Å². The van der Waals surface area contributed by atoms with E-state index < -0.39 is 0 Å². The van der Waals surface area contributed by atoms with Crippen molar-refractivity contribution in [2.75, 3.05) is 0 Å². The number of nitrogens with zero attached hydrogens (tertiary/aromatic N) is 3. The van der Waals surface area contributed by atoms with Gasteiger partial charge >= 0.3 is 0 Å². The number of carbonyl (C=O) groups is 1. The second-order valence-electron chi connectivity index (χ2n) is 6.98. The normalized spacial score (nSPS) is 16.7. The minimum absolute atomic E-state index is 0.102. The van der Waals surface area contributed by atoms with Crippen LogP contribution in [0.4, 0.5) is 5.69 Å². The number of nitrogens with one attached hydrogen (secondary N) is 1. The Morgan fingerprint density at radius 3 is 2.52 bits per heavy atom. The largest absolute Gasteiger partial charge is 0.340 e. The van der Waals surface area contributed by atoms with Crippen LogP contribution in [0.3, 0.4) is 0 Å². The molecule has 1 N–H and O–H groups in total. The van der Waals surface area contributed by atoms with Crippen molar-refractivity contribution in [3.05, 3.63) is 100 Å². The molecule has 1 saturated heterocycles. The van der Waals surface area contributed by atoms with Gasteiger partial charge in [-0.15, -0.1) is 0 Å². The van der Waals surface area contributed by atoms with Gasteiger partial charge in [0.05, 0.1) is 28.2 Å². The molecule has 0 spiro atoms. The molecule has 0 radical (unpaired) electrons. The molecule has 7 heteroatoms. The maximum atomic E-state index is 13.3. The molecule has 31 heavy (non-hydrogen) atoms. The Hall–Kier alpha value is -3.35. The molecule has 0 atom stereocenters. The highest BCUT2D eigenvalue weighted by atomic mass is 35.5. The SMILES string of the molecule is O=C1/C(=C/c2ccc(Cl)cc2)SC(=Nc2ccccc2)N1Cc1nc2ccccc2[nH]1. The molecule has 1 aliphatic rings. The summed E-state index contributed by atoms with van der Waals surface area (Å²) in [6, 6.07) is 24.8. The van der Waals surface area contributed by atoms with Gasteiger partial charge in [0.1, 0.15) is 5.82 Å². The minimum Gasteiger partial charge on any atom is -0.340 e. The molecule has 1 fully saturated rings. The van der Waals surface area contributed by atoms with Crippen LogP contribution in [-0.2, 0) is 11.3 Å². The van der Waals surface area contributed by atoms with Crippen molar-refractivity contribution < 1.29 is 4.79 Å². The Bertz CT molecular complexity index is 1280. The Balaban J connectivity index is 1.51. The van der Waals surface area contributed by atoms with Gasteiger partial charge in [-0.1, -0.05) is 54.1 Å². The number of halogens is 1. The van der Waals surface area contributed by atoms with Gasteiger partial charge in [-0.2, -0.15) is 0 Å². The van der Waals surface area contributed by atoms with Crippen LogP contribution in [0.25, 0.3) is 17.1 Å². The monoisotopic (exact) mass is 444 g/mol.